The Morgan fingerprint density at radius 1 is 1.00 bits per heavy atom. The number of hydrogen-bond acceptors (Lipinski definition) is 4. The van der Waals surface area contributed by atoms with Crippen molar-refractivity contribution in [2.45, 2.75) is 58.7 Å². The minimum atomic E-state index is -0.731. The van der Waals surface area contributed by atoms with Crippen LogP contribution in [-0.4, -0.2) is 52.1 Å². The van der Waals surface area contributed by atoms with Gasteiger partial charge in [0.05, 0.1) is 21.2 Å². The normalized spacial score (nSPS) is 14.5. The van der Waals surface area contributed by atoms with Crippen LogP contribution >= 0.6 is 23.2 Å². The molecule has 0 aliphatic carbocycles. The molecule has 0 saturated heterocycles. The fourth-order valence-electron chi connectivity index (χ4n) is 3.86. The Hall–Kier alpha value is -2.90. The molecule has 0 fully saturated rings. The second-order valence-electron chi connectivity index (χ2n) is 8.68. The van der Waals surface area contributed by atoms with Crippen LogP contribution in [0.3, 0.4) is 0 Å². The molecule has 4 amide bonds. The van der Waals surface area contributed by atoms with Crippen molar-refractivity contribution >= 4 is 46.8 Å². The van der Waals surface area contributed by atoms with Gasteiger partial charge in [0.15, 0.2) is 0 Å². The predicted molar refractivity (Wildman–Crippen MR) is 135 cm³/mol. The van der Waals surface area contributed by atoms with Crippen molar-refractivity contribution in [2.24, 2.45) is 0 Å². The van der Waals surface area contributed by atoms with Gasteiger partial charge in [-0.25, -0.2) is 0 Å². The van der Waals surface area contributed by atoms with E-state index in [2.05, 4.69) is 5.32 Å². The summed E-state index contributed by atoms with van der Waals surface area (Å²) in [6.45, 7) is 5.83. The molecule has 3 rings (SSSR count). The van der Waals surface area contributed by atoms with E-state index in [1.54, 1.807) is 49.4 Å². The molecule has 1 aliphatic rings. The zero-order valence-electron chi connectivity index (χ0n) is 20.0. The van der Waals surface area contributed by atoms with Crippen molar-refractivity contribution in [1.82, 2.24) is 15.1 Å². The lowest BCUT2D eigenvalue weighted by molar-refractivity contribution is -0.141. The number of fused-ring (bicyclic) bond motifs is 1. The predicted octanol–water partition coefficient (Wildman–Crippen LogP) is 4.70. The molecule has 2 atom stereocenters. The zero-order valence-corrected chi connectivity index (χ0v) is 21.5. The van der Waals surface area contributed by atoms with Crippen LogP contribution < -0.4 is 5.32 Å². The summed E-state index contributed by atoms with van der Waals surface area (Å²) in [6.07, 6.45) is 1.11. The Morgan fingerprint density at radius 3 is 2.20 bits per heavy atom. The van der Waals surface area contributed by atoms with Crippen molar-refractivity contribution in [2.75, 3.05) is 6.54 Å². The lowest BCUT2D eigenvalue weighted by Crippen LogP contribution is -2.49. The Morgan fingerprint density at radius 2 is 1.63 bits per heavy atom. The van der Waals surface area contributed by atoms with E-state index in [9.17, 15) is 19.2 Å². The van der Waals surface area contributed by atoms with E-state index < -0.39 is 6.04 Å². The monoisotopic (exact) mass is 517 g/mol. The van der Waals surface area contributed by atoms with Crippen molar-refractivity contribution in [3.05, 3.63) is 69.2 Å². The summed E-state index contributed by atoms with van der Waals surface area (Å²) in [7, 11) is 0. The molecule has 186 valence electrons. The van der Waals surface area contributed by atoms with Crippen LogP contribution in [0.15, 0.2) is 42.5 Å². The smallest absolute Gasteiger partial charge is 0.261 e. The van der Waals surface area contributed by atoms with Gasteiger partial charge in [-0.15, -0.1) is 0 Å². The molecular weight excluding hydrogens is 489 g/mol. The molecular formula is C26H29Cl2N3O4. The maximum atomic E-state index is 13.3. The maximum Gasteiger partial charge on any atom is 0.261 e. The number of benzene rings is 2. The number of carbonyl (C=O) groups excluding carboxylic acids is 4. The lowest BCUT2D eigenvalue weighted by atomic mass is 10.1. The van der Waals surface area contributed by atoms with Gasteiger partial charge in [0.25, 0.3) is 11.8 Å². The maximum absolute atomic E-state index is 13.3. The Labute approximate surface area is 215 Å². The summed E-state index contributed by atoms with van der Waals surface area (Å²) in [4.78, 5) is 53.9. The van der Waals surface area contributed by atoms with Gasteiger partial charge in [-0.3, -0.25) is 24.1 Å². The largest absolute Gasteiger partial charge is 0.352 e. The first-order valence-electron chi connectivity index (χ1n) is 11.6. The van der Waals surface area contributed by atoms with Gasteiger partial charge < -0.3 is 10.2 Å². The van der Waals surface area contributed by atoms with E-state index in [0.29, 0.717) is 21.2 Å². The number of halogens is 2. The Bertz CT molecular complexity index is 1100. The van der Waals surface area contributed by atoms with E-state index in [1.807, 2.05) is 13.8 Å². The summed E-state index contributed by atoms with van der Waals surface area (Å²) < 4.78 is 0. The van der Waals surface area contributed by atoms with Crippen molar-refractivity contribution < 1.29 is 19.2 Å². The molecule has 7 nitrogen and oxygen atoms in total. The van der Waals surface area contributed by atoms with Gasteiger partial charge in [-0.2, -0.15) is 0 Å². The summed E-state index contributed by atoms with van der Waals surface area (Å²) in [5.41, 5.74) is 1.48. The number of nitrogens with one attached hydrogen (secondary N) is 1. The second kappa shape index (κ2) is 11.7. The number of carbonyl (C=O) groups is 4. The molecule has 0 unspecified atom stereocenters. The number of nitrogens with zero attached hydrogens (tertiary/aromatic N) is 2. The highest BCUT2D eigenvalue weighted by Crippen LogP contribution is 2.25. The molecule has 1 heterocycles. The van der Waals surface area contributed by atoms with E-state index in [4.69, 9.17) is 23.2 Å². The fraction of sp³-hybridized carbons (Fsp3) is 0.385. The number of rotatable bonds is 10. The van der Waals surface area contributed by atoms with Crippen LogP contribution in [-0.2, 0) is 16.1 Å². The summed E-state index contributed by atoms with van der Waals surface area (Å²) in [5.74, 6) is -1.23. The minimum Gasteiger partial charge on any atom is -0.352 e. The van der Waals surface area contributed by atoms with Crippen LogP contribution in [0.2, 0.25) is 10.0 Å². The van der Waals surface area contributed by atoms with E-state index in [1.165, 1.54) is 9.80 Å². The molecule has 9 heteroatoms. The minimum absolute atomic E-state index is 0.0271. The average molecular weight is 518 g/mol. The van der Waals surface area contributed by atoms with Gasteiger partial charge in [0.2, 0.25) is 11.8 Å². The second-order valence-corrected chi connectivity index (χ2v) is 9.49. The third kappa shape index (κ3) is 6.21. The molecule has 1 aliphatic heterocycles. The van der Waals surface area contributed by atoms with Gasteiger partial charge >= 0.3 is 0 Å². The third-order valence-corrected chi connectivity index (χ3v) is 6.89. The summed E-state index contributed by atoms with van der Waals surface area (Å²) in [6, 6.07) is 11.0. The third-order valence-electron chi connectivity index (χ3n) is 6.16. The topological polar surface area (TPSA) is 86.8 Å². The first-order valence-corrected chi connectivity index (χ1v) is 12.4. The van der Waals surface area contributed by atoms with Gasteiger partial charge in [0.1, 0.15) is 6.04 Å². The molecule has 0 bridgehead atoms. The Kier molecular flexibility index (Phi) is 8.92. The van der Waals surface area contributed by atoms with Gasteiger partial charge in [-0.05, 0) is 56.5 Å². The molecule has 0 saturated carbocycles. The fourth-order valence-corrected chi connectivity index (χ4v) is 4.18. The highest BCUT2D eigenvalue weighted by Gasteiger charge is 2.35. The quantitative estimate of drug-likeness (QED) is 0.462. The zero-order chi connectivity index (χ0) is 25.7. The van der Waals surface area contributed by atoms with Crippen LogP contribution in [0.5, 0.6) is 0 Å². The van der Waals surface area contributed by atoms with Gasteiger partial charge in [0, 0.05) is 25.6 Å². The number of imide groups is 1. The van der Waals surface area contributed by atoms with Crippen molar-refractivity contribution in [1.29, 1.82) is 0 Å². The molecule has 35 heavy (non-hydrogen) atoms. The van der Waals surface area contributed by atoms with E-state index in [0.717, 1.165) is 12.0 Å². The molecule has 2 aromatic carbocycles. The highest BCUT2D eigenvalue weighted by atomic mass is 35.5. The average Bonchev–Trinajstić information content (AvgIpc) is 3.09. The molecule has 2 aromatic rings. The van der Waals surface area contributed by atoms with Crippen LogP contribution in [0.4, 0.5) is 0 Å². The Balaban J connectivity index is 1.69. The first-order chi connectivity index (χ1) is 16.6. The lowest BCUT2D eigenvalue weighted by Gasteiger charge is -2.30. The first kappa shape index (κ1) is 26.7. The van der Waals surface area contributed by atoms with E-state index >= 15 is 0 Å². The van der Waals surface area contributed by atoms with Crippen LogP contribution in [0, 0.1) is 0 Å². The highest BCUT2D eigenvalue weighted by molar-refractivity contribution is 6.42. The summed E-state index contributed by atoms with van der Waals surface area (Å²) in [5, 5.41) is 3.68. The standard InChI is InChI=1S/C26H29Cl2N3O4/c1-4-16(2)29-24(33)17(3)31(15-18-11-12-21(27)22(28)14-18)23(32)10-7-13-30-25(34)19-8-5-6-9-20(19)26(30)35/h5-6,8-9,11-12,14,16-17H,4,7,10,13,15H2,1-3H3,(H,29,33)/t16-,17+/m0/s1. The van der Waals surface area contributed by atoms with Crippen molar-refractivity contribution in [3.63, 3.8) is 0 Å². The van der Waals surface area contributed by atoms with Crippen molar-refractivity contribution in [3.8, 4) is 0 Å². The van der Waals surface area contributed by atoms with Gasteiger partial charge in [-0.1, -0.05) is 48.3 Å². The van der Waals surface area contributed by atoms with E-state index in [-0.39, 0.29) is 55.6 Å². The SMILES string of the molecule is CC[C@H](C)NC(=O)[C@@H](C)N(Cc1ccc(Cl)c(Cl)c1)C(=O)CCCN1C(=O)c2ccccc2C1=O. The molecule has 0 radical (unpaired) electrons. The number of hydrogen-bond donors (Lipinski definition) is 1. The number of amides is 4. The van der Waals surface area contributed by atoms with Crippen LogP contribution in [0.1, 0.15) is 66.3 Å². The molecule has 1 N–H and O–H groups in total. The summed E-state index contributed by atoms with van der Waals surface area (Å²) >= 11 is 12.2. The molecule has 0 aromatic heterocycles. The molecule has 0 spiro atoms. The van der Waals surface area contributed by atoms with Crippen LogP contribution in [0.25, 0.3) is 0 Å².